The Bertz CT molecular complexity index is 1340. The molecule has 0 aliphatic rings. The molecule has 0 bridgehead atoms. The molecule has 0 heterocycles. The van der Waals surface area contributed by atoms with Crippen LogP contribution in [0.3, 0.4) is 0 Å². The van der Waals surface area contributed by atoms with E-state index in [1.807, 2.05) is 0 Å². The van der Waals surface area contributed by atoms with E-state index < -0.39 is 115 Å². The normalized spacial score (nSPS) is 11.3. The molecule has 0 aliphatic heterocycles. The first kappa shape index (κ1) is 26.6. The van der Waals surface area contributed by atoms with Crippen molar-refractivity contribution >= 4 is 11.6 Å². The monoisotopic (exact) mass is 538 g/mol. The van der Waals surface area contributed by atoms with Crippen LogP contribution < -0.4 is 0 Å². The second kappa shape index (κ2) is 8.91. The Labute approximate surface area is 187 Å². The highest BCUT2D eigenvalue weighted by atomic mass is 19.2. The Balaban J connectivity index is 2.49. The minimum Gasteiger partial charge on any atom is -0.288 e. The van der Waals surface area contributed by atoms with E-state index in [4.69, 9.17) is 0 Å². The lowest BCUT2D eigenvalue weighted by Crippen LogP contribution is -2.23. The van der Waals surface area contributed by atoms with Crippen LogP contribution in [0.25, 0.3) is 0 Å². The molecule has 36 heavy (non-hydrogen) atoms. The van der Waals surface area contributed by atoms with Gasteiger partial charge in [0.25, 0.3) is 0 Å². The number of rotatable bonds is 4. The minimum atomic E-state index is -3.06. The predicted octanol–water partition coefficient (Wildman–Crippen LogP) is 6.10. The highest BCUT2D eigenvalue weighted by Gasteiger charge is 2.40. The maximum absolute atomic E-state index is 14.4. The lowest BCUT2D eigenvalue weighted by atomic mass is 9.90. The molecule has 0 saturated carbocycles. The molecule has 0 fully saturated rings. The molecule has 16 heteroatoms. The van der Waals surface area contributed by atoms with Gasteiger partial charge in [-0.25, -0.2) is 61.5 Å². The molecule has 0 aliphatic carbocycles. The molecule has 3 aromatic carbocycles. The van der Waals surface area contributed by atoms with Gasteiger partial charge >= 0.3 is 0 Å². The maximum atomic E-state index is 14.4. The van der Waals surface area contributed by atoms with Gasteiger partial charge in [0.1, 0.15) is 11.1 Å². The molecule has 0 atom stereocenters. The lowest BCUT2D eigenvalue weighted by Gasteiger charge is -2.15. The molecule has 3 rings (SSSR count). The fourth-order valence-corrected chi connectivity index (χ4v) is 2.92. The summed E-state index contributed by atoms with van der Waals surface area (Å²) in [6.07, 6.45) is 0. The molecular weight excluding hydrogens is 538 g/mol. The standard InChI is InChI=1S/C20F14O2/c21-5-1(19(35)3-7(23)13(29)17(33)14(30)8(3)24)2(6(22)12(28)11(5)27)20(36)4-9(25)15(31)18(34)16(32)10(4)26. The molecule has 0 N–H and O–H groups in total. The van der Waals surface area contributed by atoms with Crippen LogP contribution >= 0.6 is 0 Å². The van der Waals surface area contributed by atoms with Crippen molar-refractivity contribution < 1.29 is 71.1 Å². The minimum absolute atomic E-state index is 2.68. The Morgan fingerprint density at radius 3 is 0.583 bits per heavy atom. The topological polar surface area (TPSA) is 34.1 Å². The SMILES string of the molecule is O=C(c1c(F)c(F)c(F)c(F)c1F)c1c(F)c(F)c(F)c(F)c1C(=O)c1c(F)c(F)c(F)c(F)c1F. The second-order valence-corrected chi connectivity index (χ2v) is 6.55. The first-order chi connectivity index (χ1) is 16.6. The van der Waals surface area contributed by atoms with Crippen molar-refractivity contribution in [3.05, 3.63) is 104 Å². The largest absolute Gasteiger partial charge is 0.288 e. The third-order valence-electron chi connectivity index (χ3n) is 4.59. The number of carbonyl (C=O) groups excluding carboxylic acids is 2. The molecule has 0 saturated heterocycles. The third kappa shape index (κ3) is 3.58. The highest BCUT2D eigenvalue weighted by Crippen LogP contribution is 2.33. The van der Waals surface area contributed by atoms with Gasteiger partial charge in [0.05, 0.1) is 11.1 Å². The Kier molecular flexibility index (Phi) is 6.59. The average Bonchev–Trinajstić information content (AvgIpc) is 2.84. The number of carbonyl (C=O) groups is 2. The van der Waals surface area contributed by atoms with E-state index in [1.54, 1.807) is 0 Å². The fraction of sp³-hybridized carbons (Fsp3) is 0. The molecular formula is C20F14O2. The summed E-state index contributed by atoms with van der Waals surface area (Å²) in [5.41, 5.74) is -10.8. The van der Waals surface area contributed by atoms with E-state index in [9.17, 15) is 71.1 Å². The third-order valence-corrected chi connectivity index (χ3v) is 4.59. The van der Waals surface area contributed by atoms with Crippen LogP contribution in [-0.2, 0) is 0 Å². The number of hydrogen-bond donors (Lipinski definition) is 0. The van der Waals surface area contributed by atoms with Crippen LogP contribution in [0.1, 0.15) is 31.8 Å². The van der Waals surface area contributed by atoms with Gasteiger partial charge in [0.2, 0.25) is 23.2 Å². The van der Waals surface area contributed by atoms with E-state index in [0.29, 0.717) is 0 Å². The van der Waals surface area contributed by atoms with Crippen LogP contribution in [0.4, 0.5) is 61.5 Å². The van der Waals surface area contributed by atoms with Gasteiger partial charge in [-0.15, -0.1) is 0 Å². The van der Waals surface area contributed by atoms with Crippen molar-refractivity contribution in [1.82, 2.24) is 0 Å². The van der Waals surface area contributed by atoms with Gasteiger partial charge in [0.15, 0.2) is 69.8 Å². The quantitative estimate of drug-likeness (QED) is 0.174. The van der Waals surface area contributed by atoms with Crippen molar-refractivity contribution in [2.45, 2.75) is 0 Å². The molecule has 0 amide bonds. The molecule has 0 unspecified atom stereocenters. The van der Waals surface area contributed by atoms with Gasteiger partial charge in [-0.3, -0.25) is 9.59 Å². The average molecular weight is 538 g/mol. The van der Waals surface area contributed by atoms with Crippen LogP contribution in [0.2, 0.25) is 0 Å². The maximum Gasteiger partial charge on any atom is 0.203 e. The Hall–Kier alpha value is -3.98. The zero-order chi connectivity index (χ0) is 27.5. The van der Waals surface area contributed by atoms with Gasteiger partial charge in [-0.2, -0.15) is 0 Å². The smallest absolute Gasteiger partial charge is 0.203 e. The van der Waals surface area contributed by atoms with Crippen molar-refractivity contribution in [3.63, 3.8) is 0 Å². The summed E-state index contributed by atoms with van der Waals surface area (Å²) in [4.78, 5) is 25.0. The molecule has 0 radical (unpaired) electrons. The van der Waals surface area contributed by atoms with Crippen LogP contribution in [0.5, 0.6) is 0 Å². The predicted molar refractivity (Wildman–Crippen MR) is 85.6 cm³/mol. The van der Waals surface area contributed by atoms with E-state index in [2.05, 4.69) is 0 Å². The van der Waals surface area contributed by atoms with Gasteiger partial charge < -0.3 is 0 Å². The summed E-state index contributed by atoms with van der Waals surface area (Å²) >= 11 is 0. The second-order valence-electron chi connectivity index (χ2n) is 6.55. The Morgan fingerprint density at radius 1 is 0.250 bits per heavy atom. The van der Waals surface area contributed by atoms with Gasteiger partial charge in [0, 0.05) is 0 Å². The molecule has 3 aromatic rings. The van der Waals surface area contributed by atoms with Gasteiger partial charge in [-0.05, 0) is 0 Å². The summed E-state index contributed by atoms with van der Waals surface area (Å²) in [6, 6.07) is 0. The molecule has 0 aromatic heterocycles. The molecule has 0 spiro atoms. The summed E-state index contributed by atoms with van der Waals surface area (Å²) in [5.74, 6) is -47.6. The van der Waals surface area contributed by atoms with Gasteiger partial charge in [-0.1, -0.05) is 0 Å². The van der Waals surface area contributed by atoms with Crippen molar-refractivity contribution in [1.29, 1.82) is 0 Å². The summed E-state index contributed by atoms with van der Waals surface area (Å²) in [6.45, 7) is 0. The number of halogens is 14. The molecule has 2 nitrogen and oxygen atoms in total. The van der Waals surface area contributed by atoms with Crippen LogP contribution in [0, 0.1) is 81.4 Å². The summed E-state index contributed by atoms with van der Waals surface area (Å²) < 4.78 is 193. The molecule has 190 valence electrons. The van der Waals surface area contributed by atoms with E-state index in [1.165, 1.54) is 0 Å². The van der Waals surface area contributed by atoms with E-state index >= 15 is 0 Å². The highest BCUT2D eigenvalue weighted by molar-refractivity contribution is 6.20. The van der Waals surface area contributed by atoms with E-state index in [-0.39, 0.29) is 0 Å². The summed E-state index contributed by atoms with van der Waals surface area (Å²) in [7, 11) is 0. The fourth-order valence-electron chi connectivity index (χ4n) is 2.92. The number of hydrogen-bond acceptors (Lipinski definition) is 2. The van der Waals surface area contributed by atoms with Crippen LogP contribution in [-0.4, -0.2) is 11.6 Å². The lowest BCUT2D eigenvalue weighted by molar-refractivity contribution is 0.0982. The Morgan fingerprint density at radius 2 is 0.389 bits per heavy atom. The van der Waals surface area contributed by atoms with E-state index in [0.717, 1.165) is 0 Å². The first-order valence-electron chi connectivity index (χ1n) is 8.55. The number of ketones is 2. The van der Waals surface area contributed by atoms with Crippen LogP contribution in [0.15, 0.2) is 0 Å². The summed E-state index contributed by atoms with van der Waals surface area (Å²) in [5, 5.41) is 0. The zero-order valence-corrected chi connectivity index (χ0v) is 16.1. The zero-order valence-electron chi connectivity index (χ0n) is 16.1. The number of benzene rings is 3. The van der Waals surface area contributed by atoms with Crippen molar-refractivity contribution in [3.8, 4) is 0 Å². The van der Waals surface area contributed by atoms with Crippen molar-refractivity contribution in [2.75, 3.05) is 0 Å². The van der Waals surface area contributed by atoms with Crippen molar-refractivity contribution in [2.24, 2.45) is 0 Å². The first-order valence-corrected chi connectivity index (χ1v) is 8.55.